The number of carbonyl (C=O) groups excluding carboxylic acids is 1. The summed E-state index contributed by atoms with van der Waals surface area (Å²) in [7, 11) is 0. The van der Waals surface area contributed by atoms with Crippen LogP contribution in [0.5, 0.6) is 0 Å². The molecular weight excluding hydrogens is 192 g/mol. The molecule has 0 aliphatic heterocycles. The van der Waals surface area contributed by atoms with Gasteiger partial charge in [-0.15, -0.1) is 0 Å². The minimum Gasteiger partial charge on any atom is -0.291 e. The van der Waals surface area contributed by atoms with E-state index in [-0.39, 0.29) is 0 Å². The zero-order valence-electron chi connectivity index (χ0n) is 5.30. The summed E-state index contributed by atoms with van der Waals surface area (Å²) < 4.78 is 0.971. The summed E-state index contributed by atoms with van der Waals surface area (Å²) in [6.45, 7) is 0. The van der Waals surface area contributed by atoms with Crippen LogP contribution in [-0.2, 0) is 11.2 Å². The zero-order valence-corrected chi connectivity index (χ0v) is 6.89. The highest BCUT2D eigenvalue weighted by molar-refractivity contribution is 9.10. The summed E-state index contributed by atoms with van der Waals surface area (Å²) in [4.78, 5) is 9.98. The van der Waals surface area contributed by atoms with Gasteiger partial charge in [-0.1, -0.05) is 34.1 Å². The molecule has 0 fully saturated rings. The average Bonchev–Trinajstić information content (AvgIpc) is 1.94. The SMILES string of the molecule is O=[C]Cc1ccccc1Br. The second kappa shape index (κ2) is 3.52. The van der Waals surface area contributed by atoms with Gasteiger partial charge in [-0.25, -0.2) is 0 Å². The van der Waals surface area contributed by atoms with Gasteiger partial charge in [-0.05, 0) is 11.6 Å². The third-order valence-electron chi connectivity index (χ3n) is 1.22. The van der Waals surface area contributed by atoms with Gasteiger partial charge in [0.05, 0.1) is 0 Å². The zero-order chi connectivity index (χ0) is 7.40. The topological polar surface area (TPSA) is 17.1 Å². The van der Waals surface area contributed by atoms with E-state index in [2.05, 4.69) is 15.9 Å². The molecule has 10 heavy (non-hydrogen) atoms. The lowest BCUT2D eigenvalue weighted by atomic mass is 10.2. The molecule has 0 aromatic heterocycles. The van der Waals surface area contributed by atoms with Crippen LogP contribution in [0.1, 0.15) is 5.56 Å². The molecule has 1 nitrogen and oxygen atoms in total. The maximum absolute atomic E-state index is 9.98. The highest BCUT2D eigenvalue weighted by Crippen LogP contribution is 2.14. The molecule has 0 unspecified atom stereocenters. The Morgan fingerprint density at radius 3 is 2.70 bits per heavy atom. The van der Waals surface area contributed by atoms with Crippen LogP contribution in [0.15, 0.2) is 28.7 Å². The van der Waals surface area contributed by atoms with Gasteiger partial charge in [0.25, 0.3) is 0 Å². The fraction of sp³-hybridized carbons (Fsp3) is 0.125. The summed E-state index contributed by atoms with van der Waals surface area (Å²) >= 11 is 3.32. The maximum atomic E-state index is 9.98. The number of benzene rings is 1. The molecule has 0 saturated carbocycles. The van der Waals surface area contributed by atoms with Crippen LogP contribution in [-0.4, -0.2) is 6.29 Å². The Kier molecular flexibility index (Phi) is 2.63. The van der Waals surface area contributed by atoms with Crippen molar-refractivity contribution in [3.05, 3.63) is 34.3 Å². The fourth-order valence-electron chi connectivity index (χ4n) is 0.720. The van der Waals surface area contributed by atoms with E-state index in [9.17, 15) is 4.79 Å². The van der Waals surface area contributed by atoms with Crippen molar-refractivity contribution >= 4 is 22.2 Å². The van der Waals surface area contributed by atoms with E-state index in [1.165, 1.54) is 0 Å². The van der Waals surface area contributed by atoms with Crippen LogP contribution >= 0.6 is 15.9 Å². The Bertz CT molecular complexity index is 232. The number of rotatable bonds is 2. The van der Waals surface area contributed by atoms with E-state index in [1.807, 2.05) is 30.6 Å². The first-order valence-electron chi connectivity index (χ1n) is 2.93. The minimum absolute atomic E-state index is 0.363. The van der Waals surface area contributed by atoms with Crippen LogP contribution in [0.25, 0.3) is 0 Å². The molecule has 1 rings (SSSR count). The monoisotopic (exact) mass is 197 g/mol. The first-order valence-corrected chi connectivity index (χ1v) is 3.72. The van der Waals surface area contributed by atoms with Gasteiger partial charge in [0.1, 0.15) is 0 Å². The van der Waals surface area contributed by atoms with Gasteiger partial charge in [0, 0.05) is 10.9 Å². The van der Waals surface area contributed by atoms with Crippen molar-refractivity contribution in [2.45, 2.75) is 6.42 Å². The molecule has 0 atom stereocenters. The normalized spacial score (nSPS) is 9.30. The standard InChI is InChI=1S/C8H6BrO/c9-8-4-2-1-3-7(8)5-6-10/h1-4H,5H2. The van der Waals surface area contributed by atoms with Crippen molar-refractivity contribution in [2.24, 2.45) is 0 Å². The Balaban J connectivity index is 2.91. The third kappa shape index (κ3) is 1.67. The van der Waals surface area contributed by atoms with E-state index in [4.69, 9.17) is 0 Å². The van der Waals surface area contributed by atoms with Gasteiger partial charge in [-0.2, -0.15) is 0 Å². The molecule has 51 valence electrons. The Morgan fingerprint density at radius 2 is 2.10 bits per heavy atom. The second-order valence-corrected chi connectivity index (χ2v) is 2.77. The van der Waals surface area contributed by atoms with E-state index in [0.717, 1.165) is 10.0 Å². The highest BCUT2D eigenvalue weighted by atomic mass is 79.9. The van der Waals surface area contributed by atoms with Gasteiger partial charge < -0.3 is 0 Å². The maximum Gasteiger partial charge on any atom is 0.203 e. The van der Waals surface area contributed by atoms with Crippen molar-refractivity contribution < 1.29 is 4.79 Å². The molecule has 1 aromatic carbocycles. The molecule has 0 amide bonds. The van der Waals surface area contributed by atoms with Crippen molar-refractivity contribution in [1.82, 2.24) is 0 Å². The summed E-state index contributed by atoms with van der Waals surface area (Å²) in [5.41, 5.74) is 0.984. The molecular formula is C8H6BrO. The minimum atomic E-state index is 0.363. The van der Waals surface area contributed by atoms with Crippen molar-refractivity contribution in [3.8, 4) is 0 Å². The van der Waals surface area contributed by atoms with Crippen LogP contribution in [0.2, 0.25) is 0 Å². The fourth-order valence-corrected chi connectivity index (χ4v) is 1.14. The summed E-state index contributed by atoms with van der Waals surface area (Å²) in [5.74, 6) is 0. The molecule has 0 aliphatic carbocycles. The lowest BCUT2D eigenvalue weighted by Gasteiger charge is -1.95. The number of halogens is 1. The summed E-state index contributed by atoms with van der Waals surface area (Å²) in [6.07, 6.45) is 2.21. The third-order valence-corrected chi connectivity index (χ3v) is 1.99. The lowest BCUT2D eigenvalue weighted by molar-refractivity contribution is 0.555. The van der Waals surface area contributed by atoms with Gasteiger partial charge in [0.2, 0.25) is 6.29 Å². The molecule has 0 aliphatic rings. The van der Waals surface area contributed by atoms with E-state index in [1.54, 1.807) is 0 Å². The Labute approximate surface area is 68.2 Å². The van der Waals surface area contributed by atoms with E-state index < -0.39 is 0 Å². The van der Waals surface area contributed by atoms with Crippen molar-refractivity contribution in [1.29, 1.82) is 0 Å². The molecule has 0 heterocycles. The van der Waals surface area contributed by atoms with Crippen molar-refractivity contribution in [3.63, 3.8) is 0 Å². The molecule has 2 heteroatoms. The van der Waals surface area contributed by atoms with Gasteiger partial charge >= 0.3 is 0 Å². The largest absolute Gasteiger partial charge is 0.291 e. The quantitative estimate of drug-likeness (QED) is 0.711. The molecule has 1 aromatic rings. The van der Waals surface area contributed by atoms with E-state index >= 15 is 0 Å². The predicted octanol–water partition coefficient (Wildman–Crippen LogP) is 2.10. The highest BCUT2D eigenvalue weighted by Gasteiger charge is 1.95. The molecule has 0 spiro atoms. The van der Waals surface area contributed by atoms with Crippen LogP contribution in [0, 0.1) is 0 Å². The van der Waals surface area contributed by atoms with Crippen LogP contribution < -0.4 is 0 Å². The molecule has 1 radical (unpaired) electrons. The lowest BCUT2D eigenvalue weighted by Crippen LogP contribution is -1.85. The smallest absolute Gasteiger partial charge is 0.203 e. The average molecular weight is 198 g/mol. The molecule has 0 N–H and O–H groups in total. The first-order chi connectivity index (χ1) is 4.84. The predicted molar refractivity (Wildman–Crippen MR) is 43.5 cm³/mol. The molecule has 0 saturated heterocycles. The summed E-state index contributed by atoms with van der Waals surface area (Å²) in [6, 6.07) is 7.62. The second-order valence-electron chi connectivity index (χ2n) is 1.91. The number of hydrogen-bond acceptors (Lipinski definition) is 1. The van der Waals surface area contributed by atoms with Crippen molar-refractivity contribution in [2.75, 3.05) is 0 Å². The first kappa shape index (κ1) is 7.48. The van der Waals surface area contributed by atoms with Gasteiger partial charge in [-0.3, -0.25) is 4.79 Å². The van der Waals surface area contributed by atoms with Crippen LogP contribution in [0.3, 0.4) is 0 Å². The van der Waals surface area contributed by atoms with E-state index in [0.29, 0.717) is 6.42 Å². The Hall–Kier alpha value is -0.630. The number of hydrogen-bond donors (Lipinski definition) is 0. The Morgan fingerprint density at radius 1 is 1.40 bits per heavy atom. The van der Waals surface area contributed by atoms with Gasteiger partial charge in [0.15, 0.2) is 0 Å². The summed E-state index contributed by atoms with van der Waals surface area (Å²) in [5, 5.41) is 0. The van der Waals surface area contributed by atoms with Crippen LogP contribution in [0.4, 0.5) is 0 Å². The molecule has 0 bridgehead atoms.